The lowest BCUT2D eigenvalue weighted by Gasteiger charge is -2.10. The number of alkyl halides is 3. The van der Waals surface area contributed by atoms with E-state index in [4.69, 9.17) is 0 Å². The molecule has 0 bridgehead atoms. The Kier molecular flexibility index (Phi) is 4.85. The summed E-state index contributed by atoms with van der Waals surface area (Å²) in [6.07, 6.45) is -4.10. The third-order valence-corrected chi connectivity index (χ3v) is 3.33. The van der Waals surface area contributed by atoms with Crippen molar-refractivity contribution in [3.8, 4) is 5.75 Å². The molecule has 0 radical (unpaired) electrons. The quantitative estimate of drug-likeness (QED) is 0.909. The Hall–Kier alpha value is -2.02. The highest BCUT2D eigenvalue weighted by Crippen LogP contribution is 2.20. The Morgan fingerprint density at radius 3 is 2.48 bits per heavy atom. The highest BCUT2D eigenvalue weighted by molar-refractivity contribution is 7.10. The van der Waals surface area contributed by atoms with E-state index in [2.05, 4.69) is 10.1 Å². The van der Waals surface area contributed by atoms with E-state index in [0.717, 1.165) is 4.88 Å². The molecule has 21 heavy (non-hydrogen) atoms. The SMILES string of the molecule is O=C(Cc1cccs1)Nc1ccc(OCC(F)(F)F)cc1. The molecule has 1 heterocycles. The summed E-state index contributed by atoms with van der Waals surface area (Å²) >= 11 is 1.49. The van der Waals surface area contributed by atoms with Crippen molar-refractivity contribution in [2.24, 2.45) is 0 Å². The second-order valence-electron chi connectivity index (χ2n) is 4.23. The molecule has 0 aliphatic rings. The number of rotatable bonds is 5. The number of hydrogen-bond donors (Lipinski definition) is 1. The van der Waals surface area contributed by atoms with Gasteiger partial charge in [-0.25, -0.2) is 0 Å². The van der Waals surface area contributed by atoms with Crippen LogP contribution in [0.1, 0.15) is 4.88 Å². The van der Waals surface area contributed by atoms with Crippen LogP contribution in [0.15, 0.2) is 41.8 Å². The fourth-order valence-corrected chi connectivity index (χ4v) is 2.28. The lowest BCUT2D eigenvalue weighted by molar-refractivity contribution is -0.153. The number of hydrogen-bond acceptors (Lipinski definition) is 3. The van der Waals surface area contributed by atoms with Crippen LogP contribution in [0.3, 0.4) is 0 Å². The maximum absolute atomic E-state index is 12.0. The smallest absolute Gasteiger partial charge is 0.422 e. The van der Waals surface area contributed by atoms with Crippen molar-refractivity contribution in [1.29, 1.82) is 0 Å². The van der Waals surface area contributed by atoms with E-state index in [1.165, 1.54) is 35.6 Å². The van der Waals surface area contributed by atoms with Crippen molar-refractivity contribution < 1.29 is 22.7 Å². The van der Waals surface area contributed by atoms with Gasteiger partial charge < -0.3 is 10.1 Å². The van der Waals surface area contributed by atoms with Crippen molar-refractivity contribution in [2.75, 3.05) is 11.9 Å². The summed E-state index contributed by atoms with van der Waals surface area (Å²) in [5, 5.41) is 4.55. The molecular weight excluding hydrogens is 303 g/mol. The number of carbonyl (C=O) groups is 1. The van der Waals surface area contributed by atoms with Crippen molar-refractivity contribution >= 4 is 22.9 Å². The molecule has 0 fully saturated rings. The van der Waals surface area contributed by atoms with Gasteiger partial charge in [-0.05, 0) is 35.7 Å². The monoisotopic (exact) mass is 315 g/mol. The highest BCUT2D eigenvalue weighted by atomic mass is 32.1. The lowest BCUT2D eigenvalue weighted by Crippen LogP contribution is -2.19. The maximum atomic E-state index is 12.0. The maximum Gasteiger partial charge on any atom is 0.422 e. The Bertz CT molecular complexity index is 579. The van der Waals surface area contributed by atoms with Crippen LogP contribution in [0.4, 0.5) is 18.9 Å². The first kappa shape index (κ1) is 15.4. The summed E-state index contributed by atoms with van der Waals surface area (Å²) in [5.41, 5.74) is 0.510. The Labute approximate surface area is 123 Å². The Balaban J connectivity index is 1.86. The minimum atomic E-state index is -4.37. The summed E-state index contributed by atoms with van der Waals surface area (Å²) in [6.45, 7) is -1.34. The van der Waals surface area contributed by atoms with Gasteiger partial charge in [-0.15, -0.1) is 11.3 Å². The first-order valence-corrected chi connectivity index (χ1v) is 6.92. The van der Waals surface area contributed by atoms with Gasteiger partial charge in [0.05, 0.1) is 6.42 Å². The first-order chi connectivity index (χ1) is 9.92. The van der Waals surface area contributed by atoms with Crippen molar-refractivity contribution in [2.45, 2.75) is 12.6 Å². The van der Waals surface area contributed by atoms with Gasteiger partial charge >= 0.3 is 6.18 Å². The largest absolute Gasteiger partial charge is 0.484 e. The van der Waals surface area contributed by atoms with Gasteiger partial charge in [0.2, 0.25) is 5.91 Å². The minimum Gasteiger partial charge on any atom is -0.484 e. The molecule has 1 N–H and O–H groups in total. The predicted molar refractivity (Wildman–Crippen MR) is 74.6 cm³/mol. The van der Waals surface area contributed by atoms with Crippen molar-refractivity contribution in [3.63, 3.8) is 0 Å². The van der Waals surface area contributed by atoms with E-state index in [1.54, 1.807) is 0 Å². The number of amides is 1. The van der Waals surface area contributed by atoms with Gasteiger partial charge in [0.15, 0.2) is 6.61 Å². The fourth-order valence-electron chi connectivity index (χ4n) is 1.58. The van der Waals surface area contributed by atoms with E-state index in [0.29, 0.717) is 5.69 Å². The average molecular weight is 315 g/mol. The van der Waals surface area contributed by atoms with Crippen LogP contribution in [0.5, 0.6) is 5.75 Å². The summed E-state index contributed by atoms with van der Waals surface area (Å²) in [6, 6.07) is 9.48. The van der Waals surface area contributed by atoms with E-state index >= 15 is 0 Å². The molecule has 2 aromatic rings. The zero-order valence-electron chi connectivity index (χ0n) is 10.8. The minimum absolute atomic E-state index is 0.101. The summed E-state index contributed by atoms with van der Waals surface area (Å²) in [5.74, 6) is -0.0787. The molecule has 2 rings (SSSR count). The Morgan fingerprint density at radius 1 is 1.19 bits per heavy atom. The van der Waals surface area contributed by atoms with Gasteiger partial charge in [-0.1, -0.05) is 6.07 Å². The van der Waals surface area contributed by atoms with Gasteiger partial charge in [-0.2, -0.15) is 13.2 Å². The van der Waals surface area contributed by atoms with Crippen LogP contribution < -0.4 is 10.1 Å². The van der Waals surface area contributed by atoms with E-state index in [1.807, 2.05) is 17.5 Å². The number of thiophene rings is 1. The average Bonchev–Trinajstić information content (AvgIpc) is 2.89. The van der Waals surface area contributed by atoms with Crippen molar-refractivity contribution in [1.82, 2.24) is 0 Å². The highest BCUT2D eigenvalue weighted by Gasteiger charge is 2.28. The molecule has 0 aliphatic carbocycles. The first-order valence-electron chi connectivity index (χ1n) is 6.04. The third-order valence-electron chi connectivity index (χ3n) is 2.46. The van der Waals surface area contributed by atoms with Crippen molar-refractivity contribution in [3.05, 3.63) is 46.7 Å². The molecule has 0 saturated carbocycles. The summed E-state index contributed by atoms with van der Waals surface area (Å²) in [4.78, 5) is 12.7. The van der Waals surface area contributed by atoms with E-state index < -0.39 is 12.8 Å². The molecule has 0 aliphatic heterocycles. The second kappa shape index (κ2) is 6.62. The van der Waals surface area contributed by atoms with Crippen LogP contribution in [-0.2, 0) is 11.2 Å². The lowest BCUT2D eigenvalue weighted by atomic mass is 10.2. The zero-order chi connectivity index (χ0) is 15.3. The third kappa shape index (κ3) is 5.47. The molecule has 112 valence electrons. The number of benzene rings is 1. The van der Waals surface area contributed by atoms with E-state index in [9.17, 15) is 18.0 Å². The van der Waals surface area contributed by atoms with Crippen LogP contribution in [-0.4, -0.2) is 18.7 Å². The molecule has 1 aromatic heterocycles. The number of ether oxygens (including phenoxy) is 1. The number of halogens is 3. The standard InChI is InChI=1S/C14H12F3NO2S/c15-14(16,17)9-20-11-5-3-10(4-6-11)18-13(19)8-12-2-1-7-21-12/h1-7H,8-9H2,(H,18,19). The second-order valence-corrected chi connectivity index (χ2v) is 5.26. The molecular formula is C14H12F3NO2S. The number of carbonyl (C=O) groups excluding carboxylic acids is 1. The van der Waals surface area contributed by atoms with Gasteiger partial charge in [0.25, 0.3) is 0 Å². The molecule has 0 atom stereocenters. The molecule has 3 nitrogen and oxygen atoms in total. The van der Waals surface area contributed by atoms with Gasteiger partial charge in [0.1, 0.15) is 5.75 Å². The normalized spacial score (nSPS) is 11.2. The summed E-state index contributed by atoms with van der Waals surface area (Å²) < 4.78 is 40.6. The van der Waals surface area contributed by atoms with Crippen LogP contribution in [0.25, 0.3) is 0 Å². The predicted octanol–water partition coefficient (Wildman–Crippen LogP) is 3.87. The zero-order valence-corrected chi connectivity index (χ0v) is 11.6. The number of anilines is 1. The number of nitrogens with one attached hydrogen (secondary N) is 1. The van der Waals surface area contributed by atoms with E-state index in [-0.39, 0.29) is 18.1 Å². The van der Waals surface area contributed by atoms with Gasteiger partial charge in [-0.3, -0.25) is 4.79 Å². The summed E-state index contributed by atoms with van der Waals surface area (Å²) in [7, 11) is 0. The molecule has 1 amide bonds. The molecule has 1 aromatic carbocycles. The van der Waals surface area contributed by atoms with Crippen LogP contribution >= 0.6 is 11.3 Å². The molecule has 0 saturated heterocycles. The van der Waals surface area contributed by atoms with Crippen LogP contribution in [0, 0.1) is 0 Å². The molecule has 0 spiro atoms. The molecule has 0 unspecified atom stereocenters. The topological polar surface area (TPSA) is 38.3 Å². The Morgan fingerprint density at radius 2 is 1.90 bits per heavy atom. The fraction of sp³-hybridized carbons (Fsp3) is 0.214. The molecule has 7 heteroatoms. The van der Waals surface area contributed by atoms with Crippen LogP contribution in [0.2, 0.25) is 0 Å². The van der Waals surface area contributed by atoms with Gasteiger partial charge in [0, 0.05) is 10.6 Å².